The van der Waals surface area contributed by atoms with Crippen molar-refractivity contribution in [3.63, 3.8) is 0 Å². The van der Waals surface area contributed by atoms with Gasteiger partial charge in [0.05, 0.1) is 10.9 Å². The lowest BCUT2D eigenvalue weighted by Gasteiger charge is -2.18. The Morgan fingerprint density at radius 1 is 0.793 bits per heavy atom. The quantitative estimate of drug-likeness (QED) is 0.414. The minimum atomic E-state index is 0.464. The smallest absolute Gasteiger partial charge is 0.0946 e. The Hall–Kier alpha value is -2.05. The summed E-state index contributed by atoms with van der Waals surface area (Å²) in [5, 5.41) is 0. The molecule has 0 bridgehead atoms. The lowest BCUT2D eigenvalue weighted by Crippen LogP contribution is -2.10. The number of imidazole rings is 1. The van der Waals surface area contributed by atoms with Crippen LogP contribution in [0.25, 0.3) is 0 Å². The first kappa shape index (κ1) is 21.7. The molecule has 0 spiro atoms. The van der Waals surface area contributed by atoms with Gasteiger partial charge in [0.1, 0.15) is 0 Å². The van der Waals surface area contributed by atoms with Gasteiger partial charge in [0, 0.05) is 70.0 Å². The minimum absolute atomic E-state index is 0.464. The molecule has 0 amide bonds. The van der Waals surface area contributed by atoms with Crippen LogP contribution < -0.4 is 9.80 Å². The monoisotopic (exact) mass is 426 g/mol. The Labute approximate surface area is 183 Å². The highest BCUT2D eigenvalue weighted by Gasteiger charge is 2.12. The number of hydrogen-bond acceptors (Lipinski definition) is 5. The van der Waals surface area contributed by atoms with E-state index < -0.39 is 0 Å². The molecule has 154 valence electrons. The third kappa shape index (κ3) is 6.75. The Morgan fingerprint density at radius 2 is 1.28 bits per heavy atom. The molecule has 2 aromatic carbocycles. The van der Waals surface area contributed by atoms with Crippen LogP contribution in [0.15, 0.2) is 67.3 Å². The summed E-state index contributed by atoms with van der Waals surface area (Å²) in [4.78, 5) is 8.47. The Kier molecular flexibility index (Phi) is 7.95. The van der Waals surface area contributed by atoms with Crippen LogP contribution in [-0.4, -0.2) is 42.3 Å². The van der Waals surface area contributed by atoms with E-state index >= 15 is 0 Å². The molecule has 6 heteroatoms. The summed E-state index contributed by atoms with van der Waals surface area (Å²) in [6, 6.07) is 17.7. The fraction of sp³-hybridized carbons (Fsp3) is 0.348. The van der Waals surface area contributed by atoms with E-state index in [0.717, 1.165) is 18.1 Å². The molecule has 0 N–H and O–H groups in total. The maximum atomic E-state index is 4.20. The fourth-order valence-electron chi connectivity index (χ4n) is 2.88. The predicted octanol–water partition coefficient (Wildman–Crippen LogP) is 5.21. The first-order chi connectivity index (χ1) is 14.0. The number of anilines is 2. The van der Waals surface area contributed by atoms with Crippen molar-refractivity contribution >= 4 is 34.9 Å². The second-order valence-corrected chi connectivity index (χ2v) is 10.1. The van der Waals surface area contributed by atoms with Crippen molar-refractivity contribution in [2.45, 2.75) is 22.6 Å². The van der Waals surface area contributed by atoms with Gasteiger partial charge in [0.2, 0.25) is 0 Å². The van der Waals surface area contributed by atoms with Gasteiger partial charge in [-0.3, -0.25) is 0 Å². The molecule has 29 heavy (non-hydrogen) atoms. The van der Waals surface area contributed by atoms with Gasteiger partial charge in [-0.15, -0.1) is 23.5 Å². The third-order valence-corrected chi connectivity index (χ3v) is 7.55. The van der Waals surface area contributed by atoms with E-state index in [1.165, 1.54) is 22.5 Å². The van der Waals surface area contributed by atoms with Gasteiger partial charge in [-0.25, -0.2) is 4.98 Å². The second-order valence-electron chi connectivity index (χ2n) is 7.43. The molecule has 0 radical (unpaired) electrons. The van der Waals surface area contributed by atoms with Crippen molar-refractivity contribution < 1.29 is 0 Å². The number of rotatable bonds is 10. The molecule has 0 atom stereocenters. The molecule has 0 aliphatic rings. The molecule has 0 unspecified atom stereocenters. The predicted molar refractivity (Wildman–Crippen MR) is 130 cm³/mol. The van der Waals surface area contributed by atoms with Crippen LogP contribution >= 0.6 is 23.5 Å². The highest BCUT2D eigenvalue weighted by molar-refractivity contribution is 8.16. The van der Waals surface area contributed by atoms with Gasteiger partial charge in [0.15, 0.2) is 0 Å². The van der Waals surface area contributed by atoms with Crippen molar-refractivity contribution in [1.82, 2.24) is 9.55 Å². The van der Waals surface area contributed by atoms with Crippen LogP contribution in [0.5, 0.6) is 0 Å². The lowest BCUT2D eigenvalue weighted by molar-refractivity contribution is 0.750. The lowest BCUT2D eigenvalue weighted by atomic mass is 10.2. The molecular weight excluding hydrogens is 396 g/mol. The van der Waals surface area contributed by atoms with Gasteiger partial charge < -0.3 is 14.4 Å². The summed E-state index contributed by atoms with van der Waals surface area (Å²) in [5.41, 5.74) is 5.22. The summed E-state index contributed by atoms with van der Waals surface area (Å²) in [6.07, 6.45) is 5.81. The van der Waals surface area contributed by atoms with Crippen molar-refractivity contribution in [2.24, 2.45) is 0 Å². The normalized spacial score (nSPS) is 11.1. The van der Waals surface area contributed by atoms with E-state index in [1.807, 2.05) is 42.2 Å². The topological polar surface area (TPSA) is 24.3 Å². The largest absolute Gasteiger partial charge is 0.378 e. The van der Waals surface area contributed by atoms with Crippen molar-refractivity contribution in [3.05, 3.63) is 78.4 Å². The molecule has 0 saturated carbocycles. The zero-order chi connectivity index (χ0) is 20.6. The van der Waals surface area contributed by atoms with Crippen molar-refractivity contribution in [2.75, 3.05) is 38.0 Å². The molecule has 0 aliphatic carbocycles. The number of thioether (sulfide) groups is 2. The summed E-state index contributed by atoms with van der Waals surface area (Å²) >= 11 is 4.01. The van der Waals surface area contributed by atoms with E-state index in [1.54, 1.807) is 0 Å². The van der Waals surface area contributed by atoms with Crippen LogP contribution in [0.1, 0.15) is 11.1 Å². The van der Waals surface area contributed by atoms with Crippen LogP contribution in [0.4, 0.5) is 11.4 Å². The van der Waals surface area contributed by atoms with Gasteiger partial charge >= 0.3 is 0 Å². The molecule has 3 aromatic rings. The molecular formula is C23H30N4S2. The Bertz CT molecular complexity index is 788. The van der Waals surface area contributed by atoms with Gasteiger partial charge in [0.25, 0.3) is 0 Å². The number of nitrogens with zero attached hydrogens (tertiary/aromatic N) is 4. The van der Waals surface area contributed by atoms with Crippen LogP contribution in [0.3, 0.4) is 0 Å². The number of aromatic nitrogens is 2. The van der Waals surface area contributed by atoms with Gasteiger partial charge in [-0.1, -0.05) is 24.3 Å². The average molecular weight is 427 g/mol. The average Bonchev–Trinajstić information content (AvgIpc) is 3.23. The zero-order valence-corrected chi connectivity index (χ0v) is 19.3. The minimum Gasteiger partial charge on any atom is -0.378 e. The van der Waals surface area contributed by atoms with Crippen LogP contribution in [0.2, 0.25) is 0 Å². The first-order valence-electron chi connectivity index (χ1n) is 9.73. The molecule has 1 aromatic heterocycles. The van der Waals surface area contributed by atoms with E-state index in [-0.39, 0.29) is 0 Å². The van der Waals surface area contributed by atoms with E-state index in [0.29, 0.717) is 4.58 Å². The van der Waals surface area contributed by atoms with Gasteiger partial charge in [-0.2, -0.15) is 0 Å². The maximum absolute atomic E-state index is 4.20. The van der Waals surface area contributed by atoms with Gasteiger partial charge in [-0.05, 0) is 35.4 Å². The van der Waals surface area contributed by atoms with E-state index in [2.05, 4.69) is 96.1 Å². The standard InChI is InChI=1S/C23H30N4S2/c1-25(2)21-9-5-19(6-10-21)16-28-23(15-27-14-13-24-18-27)29-17-20-7-11-22(12-8-20)26(3)4/h5-14,18,23H,15-17H2,1-4H3. The highest BCUT2D eigenvalue weighted by atomic mass is 32.2. The number of benzene rings is 2. The summed E-state index contributed by atoms with van der Waals surface area (Å²) in [6.45, 7) is 0.959. The molecule has 3 rings (SSSR count). The number of hydrogen-bond donors (Lipinski definition) is 0. The Morgan fingerprint density at radius 3 is 1.66 bits per heavy atom. The third-order valence-electron chi connectivity index (χ3n) is 4.70. The van der Waals surface area contributed by atoms with Crippen molar-refractivity contribution in [3.8, 4) is 0 Å². The summed E-state index contributed by atoms with van der Waals surface area (Å²) in [7, 11) is 8.30. The van der Waals surface area contributed by atoms with Crippen LogP contribution in [-0.2, 0) is 18.1 Å². The molecule has 1 heterocycles. The van der Waals surface area contributed by atoms with Crippen molar-refractivity contribution in [1.29, 1.82) is 0 Å². The molecule has 4 nitrogen and oxygen atoms in total. The highest BCUT2D eigenvalue weighted by Crippen LogP contribution is 2.31. The zero-order valence-electron chi connectivity index (χ0n) is 17.7. The maximum Gasteiger partial charge on any atom is 0.0946 e. The second kappa shape index (κ2) is 10.6. The fourth-order valence-corrected chi connectivity index (χ4v) is 5.37. The van der Waals surface area contributed by atoms with E-state index in [9.17, 15) is 0 Å². The van der Waals surface area contributed by atoms with Crippen LogP contribution in [0, 0.1) is 0 Å². The van der Waals surface area contributed by atoms with E-state index in [4.69, 9.17) is 0 Å². The summed E-state index contributed by atoms with van der Waals surface area (Å²) < 4.78 is 2.64. The molecule has 0 fully saturated rings. The SMILES string of the molecule is CN(C)c1ccc(CSC(Cn2ccnc2)SCc2ccc(N(C)C)cc2)cc1. The Balaban J connectivity index is 1.59. The molecule has 0 aliphatic heterocycles. The first-order valence-corrected chi connectivity index (χ1v) is 11.8. The molecule has 0 saturated heterocycles. The summed E-state index contributed by atoms with van der Waals surface area (Å²) in [5.74, 6) is 2.03.